The molecule has 2 rings (SSSR count). The summed E-state index contributed by atoms with van der Waals surface area (Å²) in [6.45, 7) is 2.60. The molecule has 0 saturated heterocycles. The van der Waals surface area contributed by atoms with Gasteiger partial charge < -0.3 is 5.73 Å². The Balaban J connectivity index is 2.02. The molecular formula is C14H17N3OS. The van der Waals surface area contributed by atoms with Gasteiger partial charge in [-0.15, -0.1) is 11.3 Å². The third kappa shape index (κ3) is 3.62. The van der Waals surface area contributed by atoms with Crippen LogP contribution in [0.3, 0.4) is 0 Å². The molecule has 0 aliphatic carbocycles. The summed E-state index contributed by atoms with van der Waals surface area (Å²) in [5.74, 6) is -0.138. The maximum Gasteiger partial charge on any atom is 0.257 e. The number of anilines is 1. The molecule has 0 spiro atoms. The first-order valence-corrected chi connectivity index (χ1v) is 7.09. The lowest BCUT2D eigenvalue weighted by Crippen LogP contribution is -2.11. The maximum absolute atomic E-state index is 12.0. The van der Waals surface area contributed by atoms with E-state index >= 15 is 0 Å². The molecule has 4 nitrogen and oxygen atoms in total. The molecule has 1 amide bonds. The second-order valence-electron chi connectivity index (χ2n) is 4.24. The van der Waals surface area contributed by atoms with E-state index in [1.165, 1.54) is 16.2 Å². The minimum Gasteiger partial charge on any atom is -0.326 e. The number of rotatable bonds is 5. The lowest BCUT2D eigenvalue weighted by molar-refractivity contribution is 0.102. The fraction of sp³-hybridized carbons (Fsp3) is 0.286. The van der Waals surface area contributed by atoms with Gasteiger partial charge in [-0.3, -0.25) is 10.1 Å². The smallest absolute Gasteiger partial charge is 0.257 e. The molecule has 0 saturated carbocycles. The van der Waals surface area contributed by atoms with E-state index < -0.39 is 0 Å². The van der Waals surface area contributed by atoms with Crippen LogP contribution in [0.15, 0.2) is 30.5 Å². The van der Waals surface area contributed by atoms with Gasteiger partial charge in [-0.1, -0.05) is 25.5 Å². The number of aromatic nitrogens is 1. The first kappa shape index (κ1) is 13.7. The van der Waals surface area contributed by atoms with Gasteiger partial charge in [-0.2, -0.15) is 0 Å². The van der Waals surface area contributed by atoms with Crippen LogP contribution in [-0.2, 0) is 13.0 Å². The van der Waals surface area contributed by atoms with E-state index in [1.807, 2.05) is 18.3 Å². The van der Waals surface area contributed by atoms with Crippen molar-refractivity contribution in [3.05, 3.63) is 46.5 Å². The largest absolute Gasteiger partial charge is 0.326 e. The van der Waals surface area contributed by atoms with Crippen LogP contribution in [0.5, 0.6) is 0 Å². The Kier molecular flexibility index (Phi) is 4.65. The van der Waals surface area contributed by atoms with Gasteiger partial charge in [0.05, 0.1) is 0 Å². The van der Waals surface area contributed by atoms with E-state index in [2.05, 4.69) is 17.2 Å². The molecule has 0 radical (unpaired) electrons. The van der Waals surface area contributed by atoms with E-state index in [4.69, 9.17) is 5.73 Å². The first-order valence-electron chi connectivity index (χ1n) is 6.28. The molecule has 0 bridgehead atoms. The SMILES string of the molecule is CCCc1cnc(NC(=O)c2ccc(CN)cc2)s1. The van der Waals surface area contributed by atoms with Crippen molar-refractivity contribution >= 4 is 22.4 Å². The van der Waals surface area contributed by atoms with Gasteiger partial charge in [0.15, 0.2) is 5.13 Å². The van der Waals surface area contributed by atoms with Crippen LogP contribution in [-0.4, -0.2) is 10.9 Å². The zero-order chi connectivity index (χ0) is 13.7. The van der Waals surface area contributed by atoms with Gasteiger partial charge in [-0.05, 0) is 24.1 Å². The highest BCUT2D eigenvalue weighted by molar-refractivity contribution is 7.15. The van der Waals surface area contributed by atoms with Crippen LogP contribution in [0.2, 0.25) is 0 Å². The van der Waals surface area contributed by atoms with E-state index in [-0.39, 0.29) is 5.91 Å². The summed E-state index contributed by atoms with van der Waals surface area (Å²) in [6, 6.07) is 7.27. The minimum atomic E-state index is -0.138. The number of benzene rings is 1. The van der Waals surface area contributed by atoms with Crippen LogP contribution in [0.1, 0.15) is 34.1 Å². The molecule has 2 aromatic rings. The molecular weight excluding hydrogens is 258 g/mol. The second-order valence-corrected chi connectivity index (χ2v) is 5.35. The third-order valence-corrected chi connectivity index (χ3v) is 3.69. The number of amides is 1. The second kappa shape index (κ2) is 6.45. The predicted octanol–water partition coefficient (Wildman–Crippen LogP) is 2.81. The number of nitrogens with zero attached hydrogens (tertiary/aromatic N) is 1. The van der Waals surface area contributed by atoms with Crippen molar-refractivity contribution < 1.29 is 4.79 Å². The maximum atomic E-state index is 12.0. The lowest BCUT2D eigenvalue weighted by atomic mass is 10.1. The molecule has 100 valence electrons. The summed E-state index contributed by atoms with van der Waals surface area (Å²) in [5, 5.41) is 3.46. The number of nitrogens with one attached hydrogen (secondary N) is 1. The highest BCUT2D eigenvalue weighted by atomic mass is 32.1. The van der Waals surface area contributed by atoms with E-state index in [1.54, 1.807) is 12.1 Å². The van der Waals surface area contributed by atoms with Crippen molar-refractivity contribution in [1.29, 1.82) is 0 Å². The topological polar surface area (TPSA) is 68.0 Å². The molecule has 0 atom stereocenters. The van der Waals surface area contributed by atoms with Crippen molar-refractivity contribution in [2.75, 3.05) is 5.32 Å². The zero-order valence-corrected chi connectivity index (χ0v) is 11.7. The monoisotopic (exact) mass is 275 g/mol. The van der Waals surface area contributed by atoms with E-state index in [9.17, 15) is 4.79 Å². The van der Waals surface area contributed by atoms with Crippen LogP contribution < -0.4 is 11.1 Å². The third-order valence-electron chi connectivity index (χ3n) is 2.72. The van der Waals surface area contributed by atoms with Gasteiger partial charge >= 0.3 is 0 Å². The van der Waals surface area contributed by atoms with Crippen molar-refractivity contribution in [3.63, 3.8) is 0 Å². The summed E-state index contributed by atoms with van der Waals surface area (Å²) in [7, 11) is 0. The number of nitrogens with two attached hydrogens (primary N) is 1. The van der Waals surface area contributed by atoms with Crippen molar-refractivity contribution in [3.8, 4) is 0 Å². The van der Waals surface area contributed by atoms with Crippen LogP contribution in [0.4, 0.5) is 5.13 Å². The summed E-state index contributed by atoms with van der Waals surface area (Å²) in [4.78, 5) is 17.4. The van der Waals surface area contributed by atoms with Crippen molar-refractivity contribution in [2.24, 2.45) is 5.73 Å². The Morgan fingerprint density at radius 1 is 1.37 bits per heavy atom. The molecule has 0 aliphatic rings. The summed E-state index contributed by atoms with van der Waals surface area (Å²) in [5.41, 5.74) is 7.15. The number of aryl methyl sites for hydroxylation is 1. The van der Waals surface area contributed by atoms with Gasteiger partial charge in [-0.25, -0.2) is 4.98 Å². The van der Waals surface area contributed by atoms with Crippen LogP contribution >= 0.6 is 11.3 Å². The average molecular weight is 275 g/mol. The molecule has 19 heavy (non-hydrogen) atoms. The highest BCUT2D eigenvalue weighted by Crippen LogP contribution is 2.20. The molecule has 1 aromatic heterocycles. The summed E-state index contributed by atoms with van der Waals surface area (Å²) >= 11 is 1.53. The van der Waals surface area contributed by atoms with Crippen molar-refractivity contribution in [1.82, 2.24) is 4.98 Å². The Labute approximate surface area is 116 Å². The fourth-order valence-corrected chi connectivity index (χ4v) is 2.60. The van der Waals surface area contributed by atoms with Gasteiger partial charge in [0, 0.05) is 23.2 Å². The number of thiazole rings is 1. The standard InChI is InChI=1S/C14H17N3OS/c1-2-3-12-9-16-14(19-12)17-13(18)11-6-4-10(8-15)5-7-11/h4-7,9H,2-3,8,15H2,1H3,(H,16,17,18). The Morgan fingerprint density at radius 3 is 2.74 bits per heavy atom. The highest BCUT2D eigenvalue weighted by Gasteiger charge is 2.08. The molecule has 0 aliphatic heterocycles. The Bertz CT molecular complexity index is 548. The first-order chi connectivity index (χ1) is 9.22. The number of hydrogen-bond donors (Lipinski definition) is 2. The molecule has 1 aromatic carbocycles. The Hall–Kier alpha value is -1.72. The molecule has 0 fully saturated rings. The van der Waals surface area contributed by atoms with E-state index in [0.717, 1.165) is 18.4 Å². The van der Waals surface area contributed by atoms with Gasteiger partial charge in [0.1, 0.15) is 0 Å². The molecule has 3 N–H and O–H groups in total. The van der Waals surface area contributed by atoms with Crippen LogP contribution in [0, 0.1) is 0 Å². The van der Waals surface area contributed by atoms with Crippen molar-refractivity contribution in [2.45, 2.75) is 26.3 Å². The fourth-order valence-electron chi connectivity index (χ4n) is 1.69. The van der Waals surface area contributed by atoms with Gasteiger partial charge in [0.2, 0.25) is 0 Å². The molecule has 1 heterocycles. The average Bonchev–Trinajstić information content (AvgIpc) is 2.86. The zero-order valence-electron chi connectivity index (χ0n) is 10.8. The molecule has 5 heteroatoms. The summed E-state index contributed by atoms with van der Waals surface area (Å²) in [6.07, 6.45) is 3.90. The minimum absolute atomic E-state index is 0.138. The number of carbonyl (C=O) groups excluding carboxylic acids is 1. The predicted molar refractivity (Wildman–Crippen MR) is 78.4 cm³/mol. The molecule has 0 unspecified atom stereocenters. The normalized spacial score (nSPS) is 10.4. The lowest BCUT2D eigenvalue weighted by Gasteiger charge is -2.02. The van der Waals surface area contributed by atoms with Gasteiger partial charge in [0.25, 0.3) is 5.91 Å². The Morgan fingerprint density at radius 2 is 2.11 bits per heavy atom. The quantitative estimate of drug-likeness (QED) is 0.881. The number of hydrogen-bond acceptors (Lipinski definition) is 4. The van der Waals surface area contributed by atoms with Crippen LogP contribution in [0.25, 0.3) is 0 Å². The van der Waals surface area contributed by atoms with E-state index in [0.29, 0.717) is 17.2 Å². The summed E-state index contributed by atoms with van der Waals surface area (Å²) < 4.78 is 0. The number of carbonyl (C=O) groups is 1.